The Morgan fingerprint density at radius 1 is 1.50 bits per heavy atom. The number of hydrogen-bond acceptors (Lipinski definition) is 6. The Bertz CT molecular complexity index is 763. The van der Waals surface area contributed by atoms with Crippen molar-refractivity contribution in [3.8, 4) is 6.07 Å². The summed E-state index contributed by atoms with van der Waals surface area (Å²) in [6.45, 7) is 2.98. The number of nitriles is 1. The number of aromatic nitrogens is 2. The third-order valence-electron chi connectivity index (χ3n) is 4.24. The van der Waals surface area contributed by atoms with Crippen molar-refractivity contribution in [2.24, 2.45) is 5.92 Å². The van der Waals surface area contributed by atoms with Crippen LogP contribution in [-0.2, 0) is 11.2 Å². The number of carbonyl (C=O) groups excluding carboxylic acids is 1. The van der Waals surface area contributed by atoms with E-state index in [4.69, 9.17) is 14.5 Å². The van der Waals surface area contributed by atoms with E-state index in [9.17, 15) is 4.79 Å². The second-order valence-electron chi connectivity index (χ2n) is 5.93. The van der Waals surface area contributed by atoms with Gasteiger partial charge in [0.2, 0.25) is 0 Å². The Morgan fingerprint density at radius 3 is 2.92 bits per heavy atom. The highest BCUT2D eigenvalue weighted by Gasteiger charge is 2.36. The van der Waals surface area contributed by atoms with E-state index >= 15 is 0 Å². The highest BCUT2D eigenvalue weighted by molar-refractivity contribution is 5.94. The molecular weight excluding hydrogens is 308 g/mol. The second-order valence-corrected chi connectivity index (χ2v) is 5.93. The van der Waals surface area contributed by atoms with Gasteiger partial charge in [0.1, 0.15) is 17.5 Å². The second kappa shape index (κ2) is 6.81. The quantitative estimate of drug-likeness (QED) is 0.847. The van der Waals surface area contributed by atoms with E-state index in [1.54, 1.807) is 24.1 Å². The number of aryl methyl sites for hydroxylation is 1. The van der Waals surface area contributed by atoms with Gasteiger partial charge in [-0.15, -0.1) is 0 Å². The van der Waals surface area contributed by atoms with Gasteiger partial charge in [-0.25, -0.2) is 4.98 Å². The number of rotatable bonds is 4. The van der Waals surface area contributed by atoms with Crippen LogP contribution in [0.3, 0.4) is 0 Å². The fourth-order valence-corrected chi connectivity index (χ4v) is 3.01. The summed E-state index contributed by atoms with van der Waals surface area (Å²) in [6, 6.07) is 7.02. The van der Waals surface area contributed by atoms with Crippen LogP contribution in [0.5, 0.6) is 0 Å². The normalized spacial score (nSPS) is 20.1. The van der Waals surface area contributed by atoms with Crippen molar-refractivity contribution in [2.75, 3.05) is 20.2 Å². The molecule has 0 spiro atoms. The Kier molecular flexibility index (Phi) is 4.58. The van der Waals surface area contributed by atoms with Crippen molar-refractivity contribution >= 4 is 5.91 Å². The summed E-state index contributed by atoms with van der Waals surface area (Å²) in [5.41, 5.74) is 1.61. The Balaban J connectivity index is 1.70. The number of ether oxygens (including phenoxy) is 1. The number of pyridine rings is 1. The van der Waals surface area contributed by atoms with E-state index in [1.165, 1.54) is 6.20 Å². The Hall–Kier alpha value is -2.72. The molecule has 0 aliphatic carbocycles. The minimum absolute atomic E-state index is 0.0503. The topological polar surface area (TPSA) is 92.2 Å². The number of carbonyl (C=O) groups is 1. The van der Waals surface area contributed by atoms with Gasteiger partial charge < -0.3 is 14.2 Å². The smallest absolute Gasteiger partial charge is 0.255 e. The summed E-state index contributed by atoms with van der Waals surface area (Å²) < 4.78 is 10.8. The van der Waals surface area contributed by atoms with Crippen molar-refractivity contribution in [3.63, 3.8) is 0 Å². The molecule has 1 amide bonds. The molecule has 2 aromatic rings. The number of hydrogen-bond donors (Lipinski definition) is 0. The Morgan fingerprint density at radius 2 is 2.33 bits per heavy atom. The highest BCUT2D eigenvalue weighted by Crippen LogP contribution is 2.25. The van der Waals surface area contributed by atoms with E-state index in [0.29, 0.717) is 30.8 Å². The van der Waals surface area contributed by atoms with Gasteiger partial charge in [0.05, 0.1) is 17.4 Å². The molecule has 24 heavy (non-hydrogen) atoms. The highest BCUT2D eigenvalue weighted by atomic mass is 16.5. The molecular formula is C17H18N4O3. The number of methoxy groups -OCH3 is 1. The molecule has 3 heterocycles. The molecule has 2 aromatic heterocycles. The van der Waals surface area contributed by atoms with Crippen LogP contribution in [0.2, 0.25) is 0 Å². The molecule has 1 aliphatic rings. The lowest BCUT2D eigenvalue weighted by Crippen LogP contribution is -2.30. The van der Waals surface area contributed by atoms with Gasteiger partial charge >= 0.3 is 0 Å². The molecule has 1 aliphatic heterocycles. The van der Waals surface area contributed by atoms with Crippen molar-refractivity contribution in [3.05, 3.63) is 47.1 Å². The average molecular weight is 326 g/mol. The first-order valence-electron chi connectivity index (χ1n) is 7.71. The summed E-state index contributed by atoms with van der Waals surface area (Å²) in [4.78, 5) is 18.3. The third-order valence-corrected chi connectivity index (χ3v) is 4.24. The van der Waals surface area contributed by atoms with E-state index < -0.39 is 0 Å². The maximum Gasteiger partial charge on any atom is 0.255 e. The summed E-state index contributed by atoms with van der Waals surface area (Å²) in [5.74, 6) is 0.844. The maximum absolute atomic E-state index is 12.6. The largest absolute Gasteiger partial charge is 0.379 e. The molecule has 7 nitrogen and oxygen atoms in total. The lowest BCUT2D eigenvalue weighted by atomic mass is 10.0. The Labute approximate surface area is 139 Å². The summed E-state index contributed by atoms with van der Waals surface area (Å²) in [7, 11) is 1.65. The molecule has 124 valence electrons. The zero-order valence-electron chi connectivity index (χ0n) is 13.6. The van der Waals surface area contributed by atoms with Crippen LogP contribution in [0.4, 0.5) is 0 Å². The first kappa shape index (κ1) is 16.1. The molecule has 2 atom stereocenters. The lowest BCUT2D eigenvalue weighted by Gasteiger charge is -2.15. The minimum atomic E-state index is -0.106. The van der Waals surface area contributed by atoms with Gasteiger partial charge in [0.15, 0.2) is 0 Å². The van der Waals surface area contributed by atoms with Crippen molar-refractivity contribution in [1.29, 1.82) is 5.26 Å². The monoisotopic (exact) mass is 326 g/mol. The first-order chi connectivity index (χ1) is 11.6. The van der Waals surface area contributed by atoms with Gasteiger partial charge in [-0.3, -0.25) is 4.79 Å². The molecule has 1 fully saturated rings. The van der Waals surface area contributed by atoms with Crippen LogP contribution in [-0.4, -0.2) is 47.3 Å². The van der Waals surface area contributed by atoms with Crippen LogP contribution in [0.15, 0.2) is 28.9 Å². The summed E-state index contributed by atoms with van der Waals surface area (Å²) in [6.07, 6.45) is 2.07. The third kappa shape index (κ3) is 3.29. The number of likely N-dealkylation sites (tertiary alicyclic amines) is 1. The van der Waals surface area contributed by atoms with Crippen LogP contribution in [0.25, 0.3) is 0 Å². The van der Waals surface area contributed by atoms with E-state index in [1.807, 2.05) is 19.1 Å². The minimum Gasteiger partial charge on any atom is -0.379 e. The molecule has 1 saturated heterocycles. The maximum atomic E-state index is 12.6. The number of nitrogens with zero attached hydrogens (tertiary/aromatic N) is 4. The van der Waals surface area contributed by atoms with Gasteiger partial charge in [-0.2, -0.15) is 5.26 Å². The molecule has 7 heteroatoms. The molecule has 0 unspecified atom stereocenters. The fourth-order valence-electron chi connectivity index (χ4n) is 3.01. The van der Waals surface area contributed by atoms with Crippen LogP contribution >= 0.6 is 0 Å². The predicted molar refractivity (Wildman–Crippen MR) is 84.1 cm³/mol. The molecule has 0 aromatic carbocycles. The molecule has 0 N–H and O–H groups in total. The van der Waals surface area contributed by atoms with Gasteiger partial charge in [0.25, 0.3) is 5.91 Å². The molecule has 0 saturated carbocycles. The van der Waals surface area contributed by atoms with Crippen molar-refractivity contribution in [2.45, 2.75) is 19.4 Å². The summed E-state index contributed by atoms with van der Waals surface area (Å²) >= 11 is 0. The zero-order chi connectivity index (χ0) is 17.1. The fraction of sp³-hybridized carbons (Fsp3) is 0.412. The van der Waals surface area contributed by atoms with Crippen molar-refractivity contribution in [1.82, 2.24) is 15.0 Å². The standard InChI is InChI=1S/C17H18N4O3/c1-11-5-15(24-20-11)6-13-9-21(10-16(13)23-2)17(22)12-3-4-14(7-18)19-8-12/h3-5,8,13,16H,6,9-10H2,1-2H3/t13-,16+/m1/s1. The van der Waals surface area contributed by atoms with Crippen LogP contribution in [0.1, 0.15) is 27.5 Å². The molecule has 0 radical (unpaired) electrons. The molecule has 3 rings (SSSR count). The molecule has 0 bridgehead atoms. The van der Waals surface area contributed by atoms with Crippen LogP contribution < -0.4 is 0 Å². The van der Waals surface area contributed by atoms with Gasteiger partial charge in [-0.1, -0.05) is 5.16 Å². The van der Waals surface area contributed by atoms with Gasteiger partial charge in [0, 0.05) is 44.8 Å². The average Bonchev–Trinajstić information content (AvgIpc) is 3.20. The summed E-state index contributed by atoms with van der Waals surface area (Å²) in [5, 5.41) is 12.7. The van der Waals surface area contributed by atoms with Crippen LogP contribution in [0, 0.1) is 24.2 Å². The number of amides is 1. The SMILES string of the molecule is CO[C@H]1CN(C(=O)c2ccc(C#N)nc2)C[C@H]1Cc1cc(C)no1. The predicted octanol–water partition coefficient (Wildman–Crippen LogP) is 1.58. The zero-order valence-corrected chi connectivity index (χ0v) is 13.6. The lowest BCUT2D eigenvalue weighted by molar-refractivity contribution is 0.0672. The van der Waals surface area contributed by atoms with E-state index in [-0.39, 0.29) is 17.9 Å². The van der Waals surface area contributed by atoms with Gasteiger partial charge in [-0.05, 0) is 19.1 Å². The van der Waals surface area contributed by atoms with E-state index in [0.717, 1.165) is 11.5 Å². The first-order valence-corrected chi connectivity index (χ1v) is 7.71. The van der Waals surface area contributed by atoms with E-state index in [2.05, 4.69) is 10.1 Å². The van der Waals surface area contributed by atoms with Crippen molar-refractivity contribution < 1.29 is 14.1 Å².